The summed E-state index contributed by atoms with van der Waals surface area (Å²) in [5, 5.41) is 17.7. The molecule has 1 rings (SSSR count). The number of carboxylic acid groups (broad SMARTS) is 1. The highest BCUT2D eigenvalue weighted by Crippen LogP contribution is 2.28. The average Bonchev–Trinajstić information content (AvgIpc) is 2.12. The van der Waals surface area contributed by atoms with Crippen LogP contribution in [0.25, 0.3) is 0 Å². The molecule has 5 heteroatoms. The summed E-state index contributed by atoms with van der Waals surface area (Å²) in [5.41, 5.74) is 0.319. The zero-order valence-corrected chi connectivity index (χ0v) is 8.00. The second kappa shape index (κ2) is 3.67. The number of hydrogen-bond donors (Lipinski definition) is 2. The van der Waals surface area contributed by atoms with Crippen molar-refractivity contribution in [2.75, 3.05) is 0 Å². The lowest BCUT2D eigenvalue weighted by atomic mass is 10.1. The van der Waals surface area contributed by atoms with E-state index in [1.807, 2.05) is 0 Å². The van der Waals surface area contributed by atoms with Crippen molar-refractivity contribution < 1.29 is 19.8 Å². The van der Waals surface area contributed by atoms with E-state index in [1.54, 1.807) is 0 Å². The number of hydrogen-bond acceptors (Lipinski definition) is 3. The first-order valence-electron chi connectivity index (χ1n) is 3.70. The van der Waals surface area contributed by atoms with Gasteiger partial charge >= 0.3 is 5.97 Å². The number of carboxylic acids is 1. The third kappa shape index (κ3) is 1.85. The van der Waals surface area contributed by atoms with Crippen LogP contribution in [0, 0.1) is 6.92 Å². The van der Waals surface area contributed by atoms with Crippen molar-refractivity contribution in [3.8, 4) is 5.75 Å². The Labute approximate surface area is 84.7 Å². The number of halogens is 1. The summed E-state index contributed by atoms with van der Waals surface area (Å²) >= 11 is 5.57. The lowest BCUT2D eigenvalue weighted by Crippen LogP contribution is -2.12. The minimum absolute atomic E-state index is 0.0328. The van der Waals surface area contributed by atoms with E-state index in [1.165, 1.54) is 13.0 Å². The maximum atomic E-state index is 11.0. The van der Waals surface area contributed by atoms with Gasteiger partial charge in [0.1, 0.15) is 5.75 Å². The van der Waals surface area contributed by atoms with Crippen LogP contribution in [0.15, 0.2) is 12.1 Å². The second-order valence-electron chi connectivity index (χ2n) is 2.76. The first-order chi connectivity index (χ1) is 6.43. The molecule has 0 fully saturated rings. The summed E-state index contributed by atoms with van der Waals surface area (Å²) in [6.45, 7) is 1.53. The molecule has 14 heavy (non-hydrogen) atoms. The molecule has 0 unspecified atom stereocenters. The van der Waals surface area contributed by atoms with Gasteiger partial charge in [-0.3, -0.25) is 4.79 Å². The largest absolute Gasteiger partial charge is 0.506 e. The van der Waals surface area contributed by atoms with Gasteiger partial charge in [0.2, 0.25) is 0 Å². The summed E-state index contributed by atoms with van der Waals surface area (Å²) in [6.07, 6.45) is 0. The van der Waals surface area contributed by atoms with Gasteiger partial charge < -0.3 is 10.2 Å². The zero-order valence-electron chi connectivity index (χ0n) is 7.24. The number of phenolic OH excluding ortho intramolecular Hbond substituents is 1. The molecule has 0 bridgehead atoms. The number of ketones is 1. The molecule has 0 aliphatic rings. The average molecular weight is 215 g/mol. The van der Waals surface area contributed by atoms with Gasteiger partial charge in [-0.25, -0.2) is 4.79 Å². The minimum Gasteiger partial charge on any atom is -0.506 e. The molecule has 0 aliphatic heterocycles. The van der Waals surface area contributed by atoms with Crippen molar-refractivity contribution in [3.05, 3.63) is 28.3 Å². The lowest BCUT2D eigenvalue weighted by molar-refractivity contribution is -0.131. The molecule has 0 atom stereocenters. The van der Waals surface area contributed by atoms with E-state index in [-0.39, 0.29) is 16.3 Å². The van der Waals surface area contributed by atoms with Crippen LogP contribution in [0.4, 0.5) is 0 Å². The van der Waals surface area contributed by atoms with E-state index in [9.17, 15) is 14.7 Å². The Bertz CT molecular complexity index is 388. The quantitative estimate of drug-likeness (QED) is 0.580. The smallest absolute Gasteiger partial charge is 0.377 e. The molecule has 0 aromatic heterocycles. The third-order valence-corrected chi connectivity index (χ3v) is 2.00. The van der Waals surface area contributed by atoms with E-state index in [2.05, 4.69) is 0 Å². The fraction of sp³-hybridized carbons (Fsp3) is 0.111. The molecule has 2 N–H and O–H groups in total. The molecule has 0 saturated heterocycles. The van der Waals surface area contributed by atoms with E-state index in [4.69, 9.17) is 16.7 Å². The van der Waals surface area contributed by atoms with Gasteiger partial charge in [-0.2, -0.15) is 0 Å². The van der Waals surface area contributed by atoms with Crippen molar-refractivity contribution in [1.82, 2.24) is 0 Å². The van der Waals surface area contributed by atoms with Gasteiger partial charge in [-0.1, -0.05) is 11.6 Å². The maximum Gasteiger partial charge on any atom is 0.377 e. The molecular formula is C9H7ClO4. The number of carbonyl (C=O) groups excluding carboxylic acids is 1. The Hall–Kier alpha value is -1.55. The molecule has 74 valence electrons. The van der Waals surface area contributed by atoms with Crippen LogP contribution < -0.4 is 0 Å². The number of phenols is 1. The number of rotatable bonds is 2. The SMILES string of the molecule is Cc1cc(C(=O)C(=O)O)cc(Cl)c1O. The van der Waals surface area contributed by atoms with Crippen molar-refractivity contribution >= 4 is 23.4 Å². The topological polar surface area (TPSA) is 74.6 Å². The summed E-state index contributed by atoms with van der Waals surface area (Å²) in [6, 6.07) is 2.40. The van der Waals surface area contributed by atoms with Crippen molar-refractivity contribution in [2.45, 2.75) is 6.92 Å². The highest BCUT2D eigenvalue weighted by Gasteiger charge is 2.17. The molecule has 1 aromatic rings. The van der Waals surface area contributed by atoms with Crippen LogP contribution in [-0.2, 0) is 4.79 Å². The predicted octanol–water partition coefficient (Wildman–Crippen LogP) is 1.62. The first kappa shape index (κ1) is 10.5. The Kier molecular flexibility index (Phi) is 2.76. The molecule has 4 nitrogen and oxygen atoms in total. The summed E-state index contributed by atoms with van der Waals surface area (Å²) in [4.78, 5) is 21.4. The van der Waals surface area contributed by atoms with E-state index >= 15 is 0 Å². The summed E-state index contributed by atoms with van der Waals surface area (Å²) < 4.78 is 0. The lowest BCUT2D eigenvalue weighted by Gasteiger charge is -2.03. The number of benzene rings is 1. The van der Waals surface area contributed by atoms with Crippen LogP contribution in [0.5, 0.6) is 5.75 Å². The Morgan fingerprint density at radius 3 is 2.36 bits per heavy atom. The predicted molar refractivity (Wildman–Crippen MR) is 49.8 cm³/mol. The third-order valence-electron chi connectivity index (χ3n) is 1.71. The number of aryl methyl sites for hydroxylation is 1. The normalized spacial score (nSPS) is 9.86. The summed E-state index contributed by atoms with van der Waals surface area (Å²) in [5.74, 6) is -2.74. The highest BCUT2D eigenvalue weighted by atomic mass is 35.5. The molecule has 0 saturated carbocycles. The molecule has 1 aromatic carbocycles. The monoisotopic (exact) mass is 214 g/mol. The van der Waals surface area contributed by atoms with Crippen LogP contribution in [0.2, 0.25) is 5.02 Å². The fourth-order valence-electron chi connectivity index (χ4n) is 0.991. The molecule has 0 spiro atoms. The number of carbonyl (C=O) groups is 2. The van der Waals surface area contributed by atoms with E-state index in [0.29, 0.717) is 5.56 Å². The van der Waals surface area contributed by atoms with E-state index in [0.717, 1.165) is 6.07 Å². The zero-order chi connectivity index (χ0) is 10.9. The van der Waals surface area contributed by atoms with Gasteiger partial charge in [0.15, 0.2) is 0 Å². The second-order valence-corrected chi connectivity index (χ2v) is 3.17. The van der Waals surface area contributed by atoms with Gasteiger partial charge in [-0.05, 0) is 24.6 Å². The Balaban J connectivity index is 3.26. The molecule has 0 heterocycles. The number of aromatic hydroxyl groups is 1. The summed E-state index contributed by atoms with van der Waals surface area (Å²) in [7, 11) is 0. The standard InChI is InChI=1S/C9H7ClO4/c1-4-2-5(8(12)9(13)14)3-6(10)7(4)11/h2-3,11H,1H3,(H,13,14). The van der Waals surface area contributed by atoms with Gasteiger partial charge in [0.25, 0.3) is 5.78 Å². The Morgan fingerprint density at radius 2 is 1.93 bits per heavy atom. The van der Waals surface area contributed by atoms with Crippen LogP contribution in [0.1, 0.15) is 15.9 Å². The first-order valence-corrected chi connectivity index (χ1v) is 4.08. The van der Waals surface area contributed by atoms with Crippen molar-refractivity contribution in [3.63, 3.8) is 0 Å². The molecule has 0 aliphatic carbocycles. The van der Waals surface area contributed by atoms with E-state index < -0.39 is 11.8 Å². The van der Waals surface area contributed by atoms with Crippen LogP contribution >= 0.6 is 11.6 Å². The number of aliphatic carboxylic acids is 1. The Morgan fingerprint density at radius 1 is 1.36 bits per heavy atom. The van der Waals surface area contributed by atoms with Crippen LogP contribution in [0.3, 0.4) is 0 Å². The van der Waals surface area contributed by atoms with Crippen molar-refractivity contribution in [2.24, 2.45) is 0 Å². The van der Waals surface area contributed by atoms with Crippen molar-refractivity contribution in [1.29, 1.82) is 0 Å². The van der Waals surface area contributed by atoms with Gasteiger partial charge in [0.05, 0.1) is 5.02 Å². The molecule has 0 amide bonds. The minimum atomic E-state index is -1.55. The molecule has 0 radical (unpaired) electrons. The fourth-order valence-corrected chi connectivity index (χ4v) is 1.26. The van der Waals surface area contributed by atoms with Crippen LogP contribution in [-0.4, -0.2) is 22.0 Å². The van der Waals surface area contributed by atoms with Gasteiger partial charge in [-0.15, -0.1) is 0 Å². The number of Topliss-reactive ketones (excluding diaryl/α,β-unsaturated/α-hetero) is 1. The van der Waals surface area contributed by atoms with Gasteiger partial charge in [0, 0.05) is 5.56 Å². The molecular weight excluding hydrogens is 208 g/mol. The highest BCUT2D eigenvalue weighted by molar-refractivity contribution is 6.41. The maximum absolute atomic E-state index is 11.0.